The van der Waals surface area contributed by atoms with Crippen LogP contribution in [0.15, 0.2) is 29.2 Å². The van der Waals surface area contributed by atoms with Crippen LogP contribution < -0.4 is 4.74 Å². The van der Waals surface area contributed by atoms with Gasteiger partial charge in [0.05, 0.1) is 23.4 Å². The number of benzene rings is 1. The Bertz CT molecular complexity index is 472. The Morgan fingerprint density at radius 1 is 1.33 bits per heavy atom. The molecule has 1 atom stereocenters. The quantitative estimate of drug-likeness (QED) is 0.821. The zero-order valence-corrected chi connectivity index (χ0v) is 11.3. The molecule has 1 unspecified atom stereocenters. The molecule has 18 heavy (non-hydrogen) atoms. The SMILES string of the molecule is CCOc1ccc(S(=O)(=O)CC2CCCO2)cc1. The van der Waals surface area contributed by atoms with Gasteiger partial charge in [-0.2, -0.15) is 0 Å². The van der Waals surface area contributed by atoms with E-state index in [4.69, 9.17) is 9.47 Å². The van der Waals surface area contributed by atoms with Gasteiger partial charge in [-0.05, 0) is 44.0 Å². The van der Waals surface area contributed by atoms with Gasteiger partial charge in [0, 0.05) is 6.61 Å². The monoisotopic (exact) mass is 270 g/mol. The lowest BCUT2D eigenvalue weighted by Gasteiger charge is -2.10. The van der Waals surface area contributed by atoms with E-state index in [2.05, 4.69) is 0 Å². The molecule has 1 saturated heterocycles. The molecule has 0 spiro atoms. The first kappa shape index (κ1) is 13.4. The second-order valence-electron chi connectivity index (χ2n) is 4.32. The van der Waals surface area contributed by atoms with E-state index in [9.17, 15) is 8.42 Å². The molecule has 0 aliphatic carbocycles. The molecule has 1 aliphatic rings. The largest absolute Gasteiger partial charge is 0.494 e. The highest BCUT2D eigenvalue weighted by Gasteiger charge is 2.24. The molecule has 4 nitrogen and oxygen atoms in total. The molecule has 0 N–H and O–H groups in total. The lowest BCUT2D eigenvalue weighted by atomic mass is 10.3. The van der Waals surface area contributed by atoms with Gasteiger partial charge < -0.3 is 9.47 Å². The number of sulfone groups is 1. The summed E-state index contributed by atoms with van der Waals surface area (Å²) in [5, 5.41) is 0. The smallest absolute Gasteiger partial charge is 0.180 e. The highest BCUT2D eigenvalue weighted by atomic mass is 32.2. The maximum atomic E-state index is 12.1. The lowest BCUT2D eigenvalue weighted by molar-refractivity contribution is 0.127. The molecule has 0 aromatic heterocycles. The van der Waals surface area contributed by atoms with Crippen LogP contribution >= 0.6 is 0 Å². The second-order valence-corrected chi connectivity index (χ2v) is 6.36. The molecule has 100 valence electrons. The first-order chi connectivity index (χ1) is 8.62. The Morgan fingerprint density at radius 2 is 2.06 bits per heavy atom. The molecule has 0 bridgehead atoms. The Morgan fingerprint density at radius 3 is 2.61 bits per heavy atom. The van der Waals surface area contributed by atoms with E-state index < -0.39 is 9.84 Å². The zero-order valence-electron chi connectivity index (χ0n) is 10.5. The minimum absolute atomic E-state index is 0.0704. The van der Waals surface area contributed by atoms with Gasteiger partial charge in [0.15, 0.2) is 9.84 Å². The third-order valence-electron chi connectivity index (χ3n) is 2.92. The van der Waals surface area contributed by atoms with Crippen molar-refractivity contribution in [1.82, 2.24) is 0 Å². The third-order valence-corrected chi connectivity index (χ3v) is 4.72. The van der Waals surface area contributed by atoms with Crippen LogP contribution in [0.5, 0.6) is 5.75 Å². The fourth-order valence-electron chi connectivity index (χ4n) is 2.03. The highest BCUT2D eigenvalue weighted by molar-refractivity contribution is 7.91. The lowest BCUT2D eigenvalue weighted by Crippen LogP contribution is -2.20. The van der Waals surface area contributed by atoms with Gasteiger partial charge in [0.25, 0.3) is 0 Å². The highest BCUT2D eigenvalue weighted by Crippen LogP contribution is 2.21. The van der Waals surface area contributed by atoms with E-state index in [-0.39, 0.29) is 11.9 Å². The van der Waals surface area contributed by atoms with E-state index in [1.54, 1.807) is 24.3 Å². The van der Waals surface area contributed by atoms with E-state index in [0.29, 0.717) is 23.9 Å². The van der Waals surface area contributed by atoms with Gasteiger partial charge in [-0.15, -0.1) is 0 Å². The van der Waals surface area contributed by atoms with Crippen LogP contribution in [0.25, 0.3) is 0 Å². The molecule has 1 fully saturated rings. The summed E-state index contributed by atoms with van der Waals surface area (Å²) in [5.74, 6) is 0.759. The van der Waals surface area contributed by atoms with Gasteiger partial charge >= 0.3 is 0 Å². The Labute approximate surface area is 108 Å². The molecule has 1 aliphatic heterocycles. The molecule has 1 heterocycles. The number of rotatable bonds is 5. The van der Waals surface area contributed by atoms with Crippen molar-refractivity contribution in [2.75, 3.05) is 19.0 Å². The summed E-state index contributed by atoms with van der Waals surface area (Å²) in [4.78, 5) is 0.335. The van der Waals surface area contributed by atoms with Crippen molar-refractivity contribution in [2.45, 2.75) is 30.8 Å². The summed E-state index contributed by atoms with van der Waals surface area (Å²) in [6, 6.07) is 6.56. The molecule has 1 aromatic rings. The second kappa shape index (κ2) is 5.71. The van der Waals surface area contributed by atoms with Crippen molar-refractivity contribution in [3.8, 4) is 5.75 Å². The summed E-state index contributed by atoms with van der Waals surface area (Å²) in [6.07, 6.45) is 1.63. The minimum Gasteiger partial charge on any atom is -0.494 e. The molecular formula is C13H18O4S. The van der Waals surface area contributed by atoms with Crippen LogP contribution in [-0.2, 0) is 14.6 Å². The van der Waals surface area contributed by atoms with Crippen LogP contribution in [0.1, 0.15) is 19.8 Å². The number of hydrogen-bond acceptors (Lipinski definition) is 4. The summed E-state index contributed by atoms with van der Waals surface area (Å²) in [7, 11) is -3.26. The van der Waals surface area contributed by atoms with E-state index in [1.165, 1.54) is 0 Å². The predicted molar refractivity (Wildman–Crippen MR) is 68.6 cm³/mol. The van der Waals surface area contributed by atoms with Crippen molar-refractivity contribution < 1.29 is 17.9 Å². The van der Waals surface area contributed by atoms with E-state index in [0.717, 1.165) is 12.8 Å². The Hall–Kier alpha value is -1.07. The van der Waals surface area contributed by atoms with Crippen LogP contribution in [0.4, 0.5) is 0 Å². The van der Waals surface area contributed by atoms with Gasteiger partial charge in [-0.1, -0.05) is 0 Å². The summed E-state index contributed by atoms with van der Waals surface area (Å²) in [5.41, 5.74) is 0. The molecule has 5 heteroatoms. The van der Waals surface area contributed by atoms with E-state index in [1.807, 2.05) is 6.92 Å². The number of hydrogen-bond donors (Lipinski definition) is 0. The normalized spacial score (nSPS) is 19.9. The Kier molecular flexibility index (Phi) is 4.24. The molecular weight excluding hydrogens is 252 g/mol. The molecule has 1 aromatic carbocycles. The predicted octanol–water partition coefficient (Wildman–Crippen LogP) is 2.04. The maximum Gasteiger partial charge on any atom is 0.180 e. The van der Waals surface area contributed by atoms with Crippen LogP contribution in [0, 0.1) is 0 Å². The van der Waals surface area contributed by atoms with Crippen molar-refractivity contribution in [3.63, 3.8) is 0 Å². The third kappa shape index (κ3) is 3.23. The first-order valence-electron chi connectivity index (χ1n) is 6.19. The summed E-state index contributed by atoms with van der Waals surface area (Å²) >= 11 is 0. The van der Waals surface area contributed by atoms with Crippen molar-refractivity contribution in [2.24, 2.45) is 0 Å². The van der Waals surface area contributed by atoms with Gasteiger partial charge in [-0.3, -0.25) is 0 Å². The van der Waals surface area contributed by atoms with Gasteiger partial charge in [0.2, 0.25) is 0 Å². The molecule has 0 radical (unpaired) electrons. The fourth-order valence-corrected chi connectivity index (χ4v) is 3.52. The topological polar surface area (TPSA) is 52.6 Å². The summed E-state index contributed by atoms with van der Waals surface area (Å²) < 4.78 is 34.9. The van der Waals surface area contributed by atoms with Crippen LogP contribution in [0.3, 0.4) is 0 Å². The van der Waals surface area contributed by atoms with Crippen molar-refractivity contribution in [1.29, 1.82) is 0 Å². The molecule has 2 rings (SSSR count). The van der Waals surface area contributed by atoms with Crippen LogP contribution in [0.2, 0.25) is 0 Å². The van der Waals surface area contributed by atoms with Crippen molar-refractivity contribution in [3.05, 3.63) is 24.3 Å². The van der Waals surface area contributed by atoms with E-state index >= 15 is 0 Å². The zero-order chi connectivity index (χ0) is 13.0. The van der Waals surface area contributed by atoms with Gasteiger partial charge in [0.1, 0.15) is 5.75 Å². The molecule has 0 saturated carbocycles. The number of ether oxygens (including phenoxy) is 2. The average molecular weight is 270 g/mol. The van der Waals surface area contributed by atoms with Crippen LogP contribution in [-0.4, -0.2) is 33.5 Å². The summed E-state index contributed by atoms with van der Waals surface area (Å²) in [6.45, 7) is 3.13. The van der Waals surface area contributed by atoms with Crippen molar-refractivity contribution >= 4 is 9.84 Å². The minimum atomic E-state index is -3.26. The average Bonchev–Trinajstić information content (AvgIpc) is 2.82. The Balaban J connectivity index is 2.08. The van der Waals surface area contributed by atoms with Gasteiger partial charge in [-0.25, -0.2) is 8.42 Å². The maximum absolute atomic E-state index is 12.1. The first-order valence-corrected chi connectivity index (χ1v) is 7.84. The fraction of sp³-hybridized carbons (Fsp3) is 0.538. The standard InChI is InChI=1S/C13H18O4S/c1-2-16-11-5-7-13(8-6-11)18(14,15)10-12-4-3-9-17-12/h5-8,12H,2-4,9-10H2,1H3. The molecule has 0 amide bonds.